The molecule has 0 bridgehead atoms. The summed E-state index contributed by atoms with van der Waals surface area (Å²) in [7, 11) is 0. The summed E-state index contributed by atoms with van der Waals surface area (Å²) in [5.41, 5.74) is 0. The molecule has 16 heavy (non-hydrogen) atoms. The van der Waals surface area contributed by atoms with Crippen LogP contribution in [0.1, 0.15) is 20.3 Å². The fraction of sp³-hybridized carbons (Fsp3) is 0.231. The van der Waals surface area contributed by atoms with Gasteiger partial charge in [0.15, 0.2) is 0 Å². The number of hydrogen-bond donors (Lipinski definition) is 0. The molecule has 1 aromatic rings. The van der Waals surface area contributed by atoms with Gasteiger partial charge in [-0.15, -0.1) is 0 Å². The van der Waals surface area contributed by atoms with Gasteiger partial charge in [-0.1, -0.05) is 13.0 Å². The van der Waals surface area contributed by atoms with E-state index in [0.717, 1.165) is 0 Å². The summed E-state index contributed by atoms with van der Waals surface area (Å²) in [5, 5.41) is 0. The SMILES string of the molecule is C=C(C)OC(=O)C[CH-]C.[Y].[c-]1ccccc1. The van der Waals surface area contributed by atoms with Gasteiger partial charge in [-0.05, 0) is 6.92 Å². The number of ether oxygens (including phenoxy) is 1. The van der Waals surface area contributed by atoms with E-state index in [2.05, 4.69) is 17.4 Å². The second kappa shape index (κ2) is 12.6. The van der Waals surface area contributed by atoms with Crippen LogP contribution in [0, 0.1) is 12.5 Å². The van der Waals surface area contributed by atoms with E-state index in [-0.39, 0.29) is 38.7 Å². The fourth-order valence-corrected chi connectivity index (χ4v) is 0.745. The van der Waals surface area contributed by atoms with Crippen molar-refractivity contribution in [2.45, 2.75) is 20.3 Å². The van der Waals surface area contributed by atoms with Crippen LogP contribution in [0.4, 0.5) is 0 Å². The fourth-order valence-electron chi connectivity index (χ4n) is 0.745. The van der Waals surface area contributed by atoms with Crippen LogP contribution < -0.4 is 0 Å². The van der Waals surface area contributed by atoms with Crippen LogP contribution >= 0.6 is 0 Å². The third kappa shape index (κ3) is 13.5. The molecule has 0 aliphatic heterocycles. The second-order valence-electron chi connectivity index (χ2n) is 2.87. The molecule has 0 aliphatic rings. The normalized spacial score (nSPS) is 7.88. The number of esters is 1. The molecule has 0 aromatic heterocycles. The zero-order valence-electron chi connectivity index (χ0n) is 9.77. The zero-order chi connectivity index (χ0) is 11.5. The van der Waals surface area contributed by atoms with Gasteiger partial charge in [0.1, 0.15) is 0 Å². The van der Waals surface area contributed by atoms with Crippen molar-refractivity contribution in [2.75, 3.05) is 0 Å². The molecule has 1 rings (SSSR count). The Labute approximate surface area is 123 Å². The number of benzene rings is 1. The molecule has 1 radical (unpaired) electrons. The molecule has 0 atom stereocenters. The van der Waals surface area contributed by atoms with Gasteiger partial charge >= 0.3 is 0 Å². The number of rotatable bonds is 3. The van der Waals surface area contributed by atoms with Crippen molar-refractivity contribution < 1.29 is 42.2 Å². The first kappa shape index (κ1) is 17.9. The Morgan fingerprint density at radius 2 is 1.94 bits per heavy atom. The van der Waals surface area contributed by atoms with E-state index in [1.807, 2.05) is 30.3 Å². The first-order valence-corrected chi connectivity index (χ1v) is 4.72. The van der Waals surface area contributed by atoms with Crippen LogP contribution in [0.15, 0.2) is 42.7 Å². The van der Waals surface area contributed by atoms with Crippen molar-refractivity contribution in [3.63, 3.8) is 0 Å². The molecule has 0 saturated carbocycles. The summed E-state index contributed by atoms with van der Waals surface area (Å²) in [6, 6.07) is 12.5. The predicted octanol–water partition coefficient (Wildman–Crippen LogP) is 3.16. The molecule has 85 valence electrons. The molecule has 0 saturated heterocycles. The van der Waals surface area contributed by atoms with Crippen LogP contribution in [0.2, 0.25) is 0 Å². The van der Waals surface area contributed by atoms with Crippen LogP contribution in [-0.4, -0.2) is 5.97 Å². The molecule has 0 amide bonds. The Balaban J connectivity index is 0. The molecule has 0 fully saturated rings. The van der Waals surface area contributed by atoms with Gasteiger partial charge in [0.25, 0.3) is 5.97 Å². The van der Waals surface area contributed by atoms with Gasteiger partial charge in [-0.2, -0.15) is 43.3 Å². The summed E-state index contributed by atoms with van der Waals surface area (Å²) in [4.78, 5) is 10.5. The Kier molecular flexibility index (Phi) is 14.1. The number of carbonyl (C=O) groups excluding carboxylic acids is 1. The summed E-state index contributed by atoms with van der Waals surface area (Å²) in [5.74, 6) is 0.201. The van der Waals surface area contributed by atoms with E-state index < -0.39 is 0 Å². The van der Waals surface area contributed by atoms with E-state index in [4.69, 9.17) is 0 Å². The molecule has 2 nitrogen and oxygen atoms in total. The largest absolute Gasteiger partial charge is 0.434 e. The Morgan fingerprint density at radius 3 is 2.19 bits per heavy atom. The predicted molar refractivity (Wildman–Crippen MR) is 60.8 cm³/mol. The molecular weight excluding hydrogens is 277 g/mol. The first-order chi connectivity index (χ1) is 7.16. The Morgan fingerprint density at radius 1 is 1.38 bits per heavy atom. The van der Waals surface area contributed by atoms with E-state index in [1.165, 1.54) is 0 Å². The maximum Gasteiger partial charge on any atom is 0.280 e. The maximum atomic E-state index is 10.5. The quantitative estimate of drug-likeness (QED) is 0.486. The zero-order valence-corrected chi connectivity index (χ0v) is 12.6. The smallest absolute Gasteiger partial charge is 0.280 e. The molecular formula is C13H16O2Y-2. The van der Waals surface area contributed by atoms with Gasteiger partial charge in [-0.25, -0.2) is 0 Å². The maximum absolute atomic E-state index is 10.5. The number of carbonyl (C=O) groups is 1. The Bertz CT molecular complexity index is 257. The van der Waals surface area contributed by atoms with Crippen molar-refractivity contribution >= 4 is 5.97 Å². The van der Waals surface area contributed by atoms with Crippen molar-refractivity contribution in [1.29, 1.82) is 0 Å². The van der Waals surface area contributed by atoms with Crippen LogP contribution in [0.3, 0.4) is 0 Å². The molecule has 0 N–H and O–H groups in total. The minimum atomic E-state index is -0.245. The molecule has 0 heterocycles. The minimum Gasteiger partial charge on any atom is -0.434 e. The van der Waals surface area contributed by atoms with Gasteiger partial charge in [-0.3, -0.25) is 4.79 Å². The molecule has 0 aliphatic carbocycles. The standard InChI is InChI=1S/C7H11O2.C6H5.Y/c1-4-5-7(8)9-6(2)3;1-2-4-6-5-3-1;/h4H,2,5H2,1,3H3;1-5H;/q2*-1;. The van der Waals surface area contributed by atoms with Crippen molar-refractivity contribution in [3.8, 4) is 0 Å². The van der Waals surface area contributed by atoms with Crippen molar-refractivity contribution in [2.24, 2.45) is 0 Å². The first-order valence-electron chi connectivity index (χ1n) is 4.72. The number of allylic oxidation sites excluding steroid dienone is 1. The second-order valence-corrected chi connectivity index (χ2v) is 2.87. The summed E-state index contributed by atoms with van der Waals surface area (Å²) in [6.45, 7) is 6.87. The summed E-state index contributed by atoms with van der Waals surface area (Å²) >= 11 is 0. The topological polar surface area (TPSA) is 26.3 Å². The molecule has 0 unspecified atom stereocenters. The van der Waals surface area contributed by atoms with Crippen LogP contribution in [0.5, 0.6) is 0 Å². The number of hydrogen-bond acceptors (Lipinski definition) is 2. The van der Waals surface area contributed by atoms with Crippen LogP contribution in [-0.2, 0) is 42.2 Å². The van der Waals surface area contributed by atoms with Gasteiger partial charge in [0.05, 0.1) is 5.76 Å². The van der Waals surface area contributed by atoms with Crippen molar-refractivity contribution in [3.05, 3.63) is 55.2 Å². The molecule has 1 aromatic carbocycles. The van der Waals surface area contributed by atoms with E-state index in [0.29, 0.717) is 12.2 Å². The van der Waals surface area contributed by atoms with Gasteiger partial charge in [0, 0.05) is 32.7 Å². The van der Waals surface area contributed by atoms with Gasteiger partial charge in [0.2, 0.25) is 0 Å². The van der Waals surface area contributed by atoms with Crippen molar-refractivity contribution in [1.82, 2.24) is 0 Å². The molecule has 0 spiro atoms. The summed E-state index contributed by atoms with van der Waals surface area (Å²) < 4.78 is 4.63. The van der Waals surface area contributed by atoms with E-state index in [9.17, 15) is 4.79 Å². The monoisotopic (exact) mass is 293 g/mol. The third-order valence-electron chi connectivity index (χ3n) is 1.27. The Hall–Kier alpha value is -0.466. The van der Waals surface area contributed by atoms with Crippen LogP contribution in [0.25, 0.3) is 0 Å². The average Bonchev–Trinajstić information content (AvgIpc) is 2.20. The van der Waals surface area contributed by atoms with Gasteiger partial charge < -0.3 is 11.2 Å². The van der Waals surface area contributed by atoms with E-state index >= 15 is 0 Å². The average molecular weight is 293 g/mol. The minimum absolute atomic E-state index is 0. The third-order valence-corrected chi connectivity index (χ3v) is 1.27. The summed E-state index contributed by atoms with van der Waals surface area (Å²) in [6.07, 6.45) is 2.10. The van der Waals surface area contributed by atoms with E-state index in [1.54, 1.807) is 20.3 Å². The molecule has 3 heteroatoms.